The van der Waals surface area contributed by atoms with E-state index in [1.54, 1.807) is 0 Å². The first-order chi connectivity index (χ1) is 6.68. The van der Waals surface area contributed by atoms with Gasteiger partial charge < -0.3 is 9.47 Å². The molecule has 1 saturated carbocycles. The van der Waals surface area contributed by atoms with Crippen molar-refractivity contribution in [3.8, 4) is 0 Å². The van der Waals surface area contributed by atoms with Gasteiger partial charge in [0.25, 0.3) is 0 Å². The number of carbonyl (C=O) groups excluding carboxylic acids is 1. The number of hydrogen-bond acceptors (Lipinski definition) is 3. The minimum atomic E-state index is -0.530. The fraction of sp³-hybridized carbons (Fsp3) is 0.900. The average Bonchev–Trinajstić information content (AvgIpc) is 2.15. The number of carbonyl (C=O) groups is 1. The Morgan fingerprint density at radius 3 is 2.64 bits per heavy atom. The Balaban J connectivity index is 2.09. The quantitative estimate of drug-likeness (QED) is 0.454. The van der Waals surface area contributed by atoms with Crippen molar-refractivity contribution in [2.24, 2.45) is 5.92 Å². The monoisotopic (exact) mass is 312 g/mol. The molecule has 14 heavy (non-hydrogen) atoms. The van der Waals surface area contributed by atoms with Crippen LogP contribution >= 0.6 is 22.6 Å². The maximum absolute atomic E-state index is 11.0. The second kappa shape index (κ2) is 6.48. The third-order valence-electron chi connectivity index (χ3n) is 2.42. The van der Waals surface area contributed by atoms with Gasteiger partial charge in [0.15, 0.2) is 4.11 Å². The predicted molar refractivity (Wildman–Crippen MR) is 62.5 cm³/mol. The summed E-state index contributed by atoms with van der Waals surface area (Å²) >= 11 is 2.03. The van der Waals surface area contributed by atoms with Crippen molar-refractivity contribution in [3.05, 3.63) is 0 Å². The second-order valence-corrected chi connectivity index (χ2v) is 5.48. The number of rotatable bonds is 3. The summed E-state index contributed by atoms with van der Waals surface area (Å²) in [6, 6.07) is 0. The molecule has 1 unspecified atom stereocenters. The fourth-order valence-corrected chi connectivity index (χ4v) is 1.91. The van der Waals surface area contributed by atoms with E-state index in [0.29, 0.717) is 12.5 Å². The van der Waals surface area contributed by atoms with Gasteiger partial charge in [-0.3, -0.25) is 0 Å². The maximum atomic E-state index is 11.0. The first-order valence-electron chi connectivity index (χ1n) is 5.16. The second-order valence-electron chi connectivity index (χ2n) is 3.73. The van der Waals surface area contributed by atoms with Crippen LogP contribution in [0.25, 0.3) is 0 Å². The number of alkyl halides is 1. The van der Waals surface area contributed by atoms with Gasteiger partial charge in [-0.25, -0.2) is 4.79 Å². The molecule has 0 aromatic heterocycles. The molecule has 0 amide bonds. The summed E-state index contributed by atoms with van der Waals surface area (Å²) in [5.74, 6) is 0.556. The first kappa shape index (κ1) is 12.1. The van der Waals surface area contributed by atoms with Crippen molar-refractivity contribution >= 4 is 28.7 Å². The van der Waals surface area contributed by atoms with Crippen LogP contribution in [0, 0.1) is 5.92 Å². The highest BCUT2D eigenvalue weighted by atomic mass is 127. The van der Waals surface area contributed by atoms with Crippen LogP contribution in [0.3, 0.4) is 0 Å². The van der Waals surface area contributed by atoms with Crippen LogP contribution in [0.5, 0.6) is 0 Å². The molecule has 1 aliphatic carbocycles. The molecule has 1 rings (SSSR count). The molecule has 1 aliphatic rings. The summed E-state index contributed by atoms with van der Waals surface area (Å²) in [6.07, 6.45) is 5.71. The highest BCUT2D eigenvalue weighted by Gasteiger charge is 2.16. The van der Waals surface area contributed by atoms with Crippen molar-refractivity contribution in [3.63, 3.8) is 0 Å². The molecule has 3 nitrogen and oxygen atoms in total. The van der Waals surface area contributed by atoms with E-state index in [2.05, 4.69) is 0 Å². The smallest absolute Gasteiger partial charge is 0.434 e. The molecule has 0 spiro atoms. The van der Waals surface area contributed by atoms with Crippen molar-refractivity contribution in [2.75, 3.05) is 6.61 Å². The van der Waals surface area contributed by atoms with Crippen LogP contribution in [-0.2, 0) is 9.47 Å². The topological polar surface area (TPSA) is 35.5 Å². The summed E-state index contributed by atoms with van der Waals surface area (Å²) in [7, 11) is 0. The zero-order valence-corrected chi connectivity index (χ0v) is 10.7. The van der Waals surface area contributed by atoms with Gasteiger partial charge in [-0.05, 0) is 48.3 Å². The van der Waals surface area contributed by atoms with E-state index in [1.165, 1.54) is 32.1 Å². The van der Waals surface area contributed by atoms with Gasteiger partial charge >= 0.3 is 6.16 Å². The fourth-order valence-electron chi connectivity index (χ4n) is 1.71. The average molecular weight is 312 g/mol. The van der Waals surface area contributed by atoms with E-state index in [9.17, 15) is 4.79 Å². The van der Waals surface area contributed by atoms with Crippen LogP contribution in [0.1, 0.15) is 39.0 Å². The third kappa shape index (κ3) is 5.02. The lowest BCUT2D eigenvalue weighted by molar-refractivity contribution is 0.0394. The van der Waals surface area contributed by atoms with E-state index in [4.69, 9.17) is 9.47 Å². The van der Waals surface area contributed by atoms with Crippen molar-refractivity contribution in [1.29, 1.82) is 0 Å². The summed E-state index contributed by atoms with van der Waals surface area (Å²) < 4.78 is 9.77. The molecule has 0 radical (unpaired) electrons. The molecule has 0 heterocycles. The number of ether oxygens (including phenoxy) is 2. The SMILES string of the molecule is CC(I)OC(=O)OCC1CCCCC1. The number of hydrogen-bond donors (Lipinski definition) is 0. The van der Waals surface area contributed by atoms with E-state index in [-0.39, 0.29) is 4.11 Å². The lowest BCUT2D eigenvalue weighted by Gasteiger charge is -2.20. The van der Waals surface area contributed by atoms with E-state index < -0.39 is 6.16 Å². The zero-order chi connectivity index (χ0) is 10.4. The highest BCUT2D eigenvalue weighted by Crippen LogP contribution is 2.23. The lowest BCUT2D eigenvalue weighted by atomic mass is 9.90. The molecule has 0 bridgehead atoms. The van der Waals surface area contributed by atoms with Gasteiger partial charge in [0.1, 0.15) is 0 Å². The molecule has 1 fully saturated rings. The van der Waals surface area contributed by atoms with E-state index >= 15 is 0 Å². The van der Waals surface area contributed by atoms with E-state index in [1.807, 2.05) is 29.5 Å². The van der Waals surface area contributed by atoms with Gasteiger partial charge in [0.2, 0.25) is 0 Å². The van der Waals surface area contributed by atoms with Gasteiger partial charge in [-0.15, -0.1) is 0 Å². The highest BCUT2D eigenvalue weighted by molar-refractivity contribution is 14.1. The Labute approximate surface area is 98.7 Å². The summed E-state index contributed by atoms with van der Waals surface area (Å²) in [4.78, 5) is 11.0. The Kier molecular flexibility index (Phi) is 5.59. The molecular formula is C10H17IO3. The van der Waals surface area contributed by atoms with Crippen LogP contribution in [0.4, 0.5) is 4.79 Å². The lowest BCUT2D eigenvalue weighted by Crippen LogP contribution is -2.18. The molecule has 82 valence electrons. The van der Waals surface area contributed by atoms with Crippen LogP contribution in [0.15, 0.2) is 0 Å². The van der Waals surface area contributed by atoms with Crippen LogP contribution < -0.4 is 0 Å². The largest absolute Gasteiger partial charge is 0.509 e. The van der Waals surface area contributed by atoms with Gasteiger partial charge in [0, 0.05) is 0 Å². The molecule has 0 aromatic carbocycles. The van der Waals surface area contributed by atoms with Gasteiger partial charge in [-0.2, -0.15) is 0 Å². The Morgan fingerprint density at radius 1 is 1.43 bits per heavy atom. The molecule has 0 aliphatic heterocycles. The van der Waals surface area contributed by atoms with Crippen LogP contribution in [0.2, 0.25) is 0 Å². The Morgan fingerprint density at radius 2 is 2.07 bits per heavy atom. The molecule has 0 aromatic rings. The molecule has 4 heteroatoms. The van der Waals surface area contributed by atoms with Crippen molar-refractivity contribution < 1.29 is 14.3 Å². The number of halogens is 1. The third-order valence-corrected chi connectivity index (χ3v) is 2.67. The maximum Gasteiger partial charge on any atom is 0.509 e. The summed E-state index contributed by atoms with van der Waals surface area (Å²) in [6.45, 7) is 2.34. The summed E-state index contributed by atoms with van der Waals surface area (Å²) in [5, 5.41) is 0. The van der Waals surface area contributed by atoms with Gasteiger partial charge in [0.05, 0.1) is 6.61 Å². The summed E-state index contributed by atoms with van der Waals surface area (Å²) in [5.41, 5.74) is 0. The molecule has 1 atom stereocenters. The van der Waals surface area contributed by atoms with Gasteiger partial charge in [-0.1, -0.05) is 19.3 Å². The molecule has 0 saturated heterocycles. The minimum absolute atomic E-state index is 0.119. The Hall–Kier alpha value is 0. The van der Waals surface area contributed by atoms with Crippen molar-refractivity contribution in [1.82, 2.24) is 0 Å². The normalized spacial score (nSPS) is 20.1. The molecular weight excluding hydrogens is 295 g/mol. The Bertz CT molecular complexity index is 176. The molecule has 0 N–H and O–H groups in total. The first-order valence-corrected chi connectivity index (χ1v) is 6.40. The minimum Gasteiger partial charge on any atom is -0.434 e. The zero-order valence-electron chi connectivity index (χ0n) is 8.50. The van der Waals surface area contributed by atoms with Crippen molar-refractivity contribution in [2.45, 2.75) is 43.1 Å². The standard InChI is InChI=1S/C10H17IO3/c1-8(11)14-10(12)13-7-9-5-3-2-4-6-9/h8-9H,2-7H2,1H3. The predicted octanol–water partition coefficient (Wildman–Crippen LogP) is 3.50. The van der Waals surface area contributed by atoms with Crippen LogP contribution in [-0.4, -0.2) is 16.9 Å². The van der Waals surface area contributed by atoms with E-state index in [0.717, 1.165) is 0 Å².